The van der Waals surface area contributed by atoms with Crippen molar-refractivity contribution >= 4 is 0 Å². The summed E-state index contributed by atoms with van der Waals surface area (Å²) in [6.45, 7) is 4.71. The van der Waals surface area contributed by atoms with E-state index in [1.165, 1.54) is 12.1 Å². The third-order valence-electron chi connectivity index (χ3n) is 2.54. The zero-order valence-electron chi connectivity index (χ0n) is 10.3. The van der Waals surface area contributed by atoms with Gasteiger partial charge in [-0.1, -0.05) is 13.8 Å². The lowest BCUT2D eigenvalue weighted by molar-refractivity contribution is 0.580. The summed E-state index contributed by atoms with van der Waals surface area (Å²) in [6, 6.07) is 5.58. The van der Waals surface area contributed by atoms with Crippen LogP contribution in [-0.2, 0) is 6.54 Å². The Balaban J connectivity index is 2.18. The normalized spacial score (nSPS) is 11.2. The summed E-state index contributed by atoms with van der Waals surface area (Å²) in [4.78, 5) is 0. The lowest BCUT2D eigenvalue weighted by Gasteiger charge is -2.04. The number of benzene rings is 1. The fourth-order valence-corrected chi connectivity index (χ4v) is 1.60. The maximum absolute atomic E-state index is 13.5. The van der Waals surface area contributed by atoms with Gasteiger partial charge in [0.2, 0.25) is 0 Å². The third-order valence-corrected chi connectivity index (χ3v) is 2.54. The molecule has 0 aliphatic rings. The molecule has 2 rings (SSSR count). The lowest BCUT2D eigenvalue weighted by atomic mass is 10.1. The van der Waals surface area contributed by atoms with E-state index in [-0.39, 0.29) is 0 Å². The van der Waals surface area contributed by atoms with Crippen LogP contribution in [0.25, 0.3) is 11.3 Å². The van der Waals surface area contributed by atoms with E-state index in [0.717, 1.165) is 11.8 Å². The molecule has 0 bridgehead atoms. The number of nitrogens with zero attached hydrogens (tertiary/aromatic N) is 1. The summed E-state index contributed by atoms with van der Waals surface area (Å²) in [5.74, 6) is -1.20. The van der Waals surface area contributed by atoms with Gasteiger partial charge in [-0.05, 0) is 18.2 Å². The Labute approximate surface area is 104 Å². The van der Waals surface area contributed by atoms with Gasteiger partial charge in [0.15, 0.2) is 0 Å². The second-order valence-corrected chi connectivity index (χ2v) is 4.44. The molecule has 0 atom stereocenters. The number of hydrogen-bond acceptors (Lipinski definition) is 2. The summed E-state index contributed by atoms with van der Waals surface area (Å²) in [5, 5.41) is 10.1. The van der Waals surface area contributed by atoms with Crippen LogP contribution in [0, 0.1) is 11.6 Å². The molecular formula is C13H15F2N3. The smallest absolute Gasteiger partial charge is 0.135 e. The molecule has 2 N–H and O–H groups in total. The molecule has 0 aliphatic carbocycles. The van der Waals surface area contributed by atoms with Crippen LogP contribution in [0.2, 0.25) is 0 Å². The highest BCUT2D eigenvalue weighted by atomic mass is 19.1. The van der Waals surface area contributed by atoms with Gasteiger partial charge in [0.1, 0.15) is 11.6 Å². The van der Waals surface area contributed by atoms with Crippen molar-refractivity contribution in [2.24, 2.45) is 0 Å². The molecule has 0 saturated carbocycles. The van der Waals surface area contributed by atoms with E-state index < -0.39 is 11.6 Å². The Bertz CT molecular complexity index is 535. The van der Waals surface area contributed by atoms with E-state index in [2.05, 4.69) is 15.5 Å². The highest BCUT2D eigenvalue weighted by molar-refractivity contribution is 5.59. The van der Waals surface area contributed by atoms with Gasteiger partial charge in [-0.2, -0.15) is 5.10 Å². The van der Waals surface area contributed by atoms with Crippen LogP contribution in [-0.4, -0.2) is 16.2 Å². The van der Waals surface area contributed by atoms with Gasteiger partial charge in [0, 0.05) is 29.9 Å². The maximum atomic E-state index is 13.5. The van der Waals surface area contributed by atoms with Gasteiger partial charge < -0.3 is 5.32 Å². The van der Waals surface area contributed by atoms with Gasteiger partial charge >= 0.3 is 0 Å². The first-order chi connectivity index (χ1) is 8.56. The van der Waals surface area contributed by atoms with Crippen molar-refractivity contribution in [2.45, 2.75) is 26.4 Å². The molecule has 1 heterocycles. The zero-order valence-corrected chi connectivity index (χ0v) is 10.3. The Morgan fingerprint density at radius 2 is 2.06 bits per heavy atom. The van der Waals surface area contributed by atoms with Crippen LogP contribution in [0.5, 0.6) is 0 Å². The minimum atomic E-state index is -0.607. The number of hydrogen-bond donors (Lipinski definition) is 2. The first-order valence-corrected chi connectivity index (χ1v) is 5.79. The number of aromatic amines is 1. The maximum Gasteiger partial charge on any atom is 0.135 e. The Kier molecular flexibility index (Phi) is 3.72. The molecule has 0 amide bonds. The molecule has 3 nitrogen and oxygen atoms in total. The first kappa shape index (κ1) is 12.7. The van der Waals surface area contributed by atoms with E-state index in [9.17, 15) is 8.78 Å². The number of halogens is 2. The van der Waals surface area contributed by atoms with Crippen LogP contribution in [0.3, 0.4) is 0 Å². The quantitative estimate of drug-likeness (QED) is 0.877. The number of aromatic nitrogens is 2. The number of nitrogens with one attached hydrogen (secondary N) is 2. The second kappa shape index (κ2) is 5.27. The van der Waals surface area contributed by atoms with E-state index >= 15 is 0 Å². The summed E-state index contributed by atoms with van der Waals surface area (Å²) >= 11 is 0. The average molecular weight is 251 g/mol. The molecular weight excluding hydrogens is 236 g/mol. The molecule has 0 spiro atoms. The van der Waals surface area contributed by atoms with E-state index in [1.54, 1.807) is 6.07 Å². The van der Waals surface area contributed by atoms with Crippen molar-refractivity contribution in [1.82, 2.24) is 15.5 Å². The second-order valence-electron chi connectivity index (χ2n) is 4.44. The van der Waals surface area contributed by atoms with Crippen molar-refractivity contribution < 1.29 is 8.78 Å². The summed E-state index contributed by atoms with van der Waals surface area (Å²) in [5.41, 5.74) is 1.64. The SMILES string of the molecule is CC(C)NCc1cc(-c2ccc(F)cc2F)n[nH]1. The molecule has 0 fully saturated rings. The molecule has 0 unspecified atom stereocenters. The van der Waals surface area contributed by atoms with Crippen LogP contribution < -0.4 is 5.32 Å². The lowest BCUT2D eigenvalue weighted by Crippen LogP contribution is -2.21. The van der Waals surface area contributed by atoms with Crippen LogP contribution in [0.1, 0.15) is 19.5 Å². The molecule has 18 heavy (non-hydrogen) atoms. The van der Waals surface area contributed by atoms with Crippen molar-refractivity contribution in [2.75, 3.05) is 0 Å². The fourth-order valence-electron chi connectivity index (χ4n) is 1.60. The average Bonchev–Trinajstić information content (AvgIpc) is 2.75. The largest absolute Gasteiger partial charge is 0.309 e. The van der Waals surface area contributed by atoms with Gasteiger partial charge in [-0.15, -0.1) is 0 Å². The molecule has 2 aromatic rings. The zero-order chi connectivity index (χ0) is 13.1. The summed E-state index contributed by atoms with van der Waals surface area (Å²) < 4.78 is 26.3. The van der Waals surface area contributed by atoms with Crippen molar-refractivity contribution in [3.8, 4) is 11.3 Å². The van der Waals surface area contributed by atoms with Gasteiger partial charge in [0.25, 0.3) is 0 Å². The predicted molar refractivity (Wildman–Crippen MR) is 65.9 cm³/mol. The van der Waals surface area contributed by atoms with Crippen LogP contribution >= 0.6 is 0 Å². The number of H-pyrrole nitrogens is 1. The monoisotopic (exact) mass is 251 g/mol. The Morgan fingerprint density at radius 1 is 1.28 bits per heavy atom. The van der Waals surface area contributed by atoms with E-state index in [4.69, 9.17) is 0 Å². The third kappa shape index (κ3) is 2.92. The highest BCUT2D eigenvalue weighted by Gasteiger charge is 2.10. The molecule has 1 aromatic carbocycles. The first-order valence-electron chi connectivity index (χ1n) is 5.79. The molecule has 1 aromatic heterocycles. The molecule has 5 heteroatoms. The van der Waals surface area contributed by atoms with Crippen molar-refractivity contribution in [1.29, 1.82) is 0 Å². The Morgan fingerprint density at radius 3 is 2.72 bits per heavy atom. The Hall–Kier alpha value is -1.75. The molecule has 0 radical (unpaired) electrons. The fraction of sp³-hybridized carbons (Fsp3) is 0.308. The summed E-state index contributed by atoms with van der Waals surface area (Å²) in [6.07, 6.45) is 0. The van der Waals surface area contributed by atoms with Gasteiger partial charge in [-0.25, -0.2) is 8.78 Å². The van der Waals surface area contributed by atoms with E-state index in [1.807, 2.05) is 13.8 Å². The highest BCUT2D eigenvalue weighted by Crippen LogP contribution is 2.22. The van der Waals surface area contributed by atoms with Crippen LogP contribution in [0.4, 0.5) is 8.78 Å². The molecule has 0 aliphatic heterocycles. The van der Waals surface area contributed by atoms with Crippen molar-refractivity contribution in [3.05, 3.63) is 41.6 Å². The summed E-state index contributed by atoms with van der Waals surface area (Å²) in [7, 11) is 0. The predicted octanol–water partition coefficient (Wildman–Crippen LogP) is 2.85. The van der Waals surface area contributed by atoms with Crippen molar-refractivity contribution in [3.63, 3.8) is 0 Å². The standard InChI is InChI=1S/C13H15F2N3/c1-8(2)16-7-10-6-13(18-17-10)11-4-3-9(14)5-12(11)15/h3-6,8,16H,7H2,1-2H3,(H,17,18). The topological polar surface area (TPSA) is 40.7 Å². The van der Waals surface area contributed by atoms with Gasteiger partial charge in [0.05, 0.1) is 5.69 Å². The van der Waals surface area contributed by atoms with E-state index in [0.29, 0.717) is 23.8 Å². The molecule has 0 saturated heterocycles. The number of rotatable bonds is 4. The van der Waals surface area contributed by atoms with Gasteiger partial charge in [-0.3, -0.25) is 5.10 Å². The molecule has 96 valence electrons. The van der Waals surface area contributed by atoms with Crippen LogP contribution in [0.15, 0.2) is 24.3 Å². The minimum absolute atomic E-state index is 0.295. The minimum Gasteiger partial charge on any atom is -0.309 e.